The third-order valence-corrected chi connectivity index (χ3v) is 6.03. The summed E-state index contributed by atoms with van der Waals surface area (Å²) in [6, 6.07) is 3.69. The number of halogens is 4. The molecule has 0 amide bonds. The van der Waals surface area contributed by atoms with Gasteiger partial charge in [0.05, 0.1) is 16.6 Å². The molecule has 1 unspecified atom stereocenters. The van der Waals surface area contributed by atoms with Crippen molar-refractivity contribution < 1.29 is 13.2 Å². The van der Waals surface area contributed by atoms with Gasteiger partial charge in [0.25, 0.3) is 0 Å². The first-order chi connectivity index (χ1) is 12.3. The van der Waals surface area contributed by atoms with Gasteiger partial charge in [-0.25, -0.2) is 9.97 Å². The number of aryl methyl sites for hydroxylation is 1. The topological polar surface area (TPSA) is 37.8 Å². The summed E-state index contributed by atoms with van der Waals surface area (Å²) in [6.07, 6.45) is -0.195. The Kier molecular flexibility index (Phi) is 4.31. The highest BCUT2D eigenvalue weighted by Gasteiger charge is 2.34. The lowest BCUT2D eigenvalue weighted by atomic mass is 9.89. The molecule has 1 aliphatic rings. The van der Waals surface area contributed by atoms with E-state index >= 15 is 0 Å². The van der Waals surface area contributed by atoms with E-state index in [9.17, 15) is 13.2 Å². The fourth-order valence-electron chi connectivity index (χ4n) is 3.36. The van der Waals surface area contributed by atoms with Crippen molar-refractivity contribution in [1.82, 2.24) is 9.97 Å². The maximum atomic E-state index is 13.4. The molecule has 3 nitrogen and oxygen atoms in total. The van der Waals surface area contributed by atoms with E-state index in [2.05, 4.69) is 22.2 Å². The Labute approximate surface area is 157 Å². The molecular weight excluding hydrogens is 383 g/mol. The minimum absolute atomic E-state index is 0.0395. The largest absolute Gasteiger partial charge is 0.418 e. The lowest BCUT2D eigenvalue weighted by molar-refractivity contribution is -0.136. The van der Waals surface area contributed by atoms with Gasteiger partial charge in [-0.3, -0.25) is 0 Å². The van der Waals surface area contributed by atoms with Crippen LogP contribution in [0.2, 0.25) is 5.02 Å². The molecule has 0 bridgehead atoms. The number of alkyl halides is 3. The molecular formula is C18H15ClF3N3S. The number of hydrogen-bond donors (Lipinski definition) is 1. The first-order valence-corrected chi connectivity index (χ1v) is 9.41. The molecule has 0 saturated carbocycles. The number of rotatable bonds is 2. The van der Waals surface area contributed by atoms with Gasteiger partial charge in [-0.05, 0) is 48.9 Å². The van der Waals surface area contributed by atoms with Crippen LogP contribution in [0.3, 0.4) is 0 Å². The van der Waals surface area contributed by atoms with E-state index in [1.54, 1.807) is 11.3 Å². The molecule has 4 rings (SSSR count). The molecule has 2 heterocycles. The maximum absolute atomic E-state index is 13.4. The highest BCUT2D eigenvalue weighted by atomic mass is 35.5. The van der Waals surface area contributed by atoms with Gasteiger partial charge in [-0.2, -0.15) is 13.2 Å². The third-order valence-electron chi connectivity index (χ3n) is 4.63. The summed E-state index contributed by atoms with van der Waals surface area (Å²) < 4.78 is 40.1. The van der Waals surface area contributed by atoms with Crippen LogP contribution in [0.1, 0.15) is 29.3 Å². The quantitative estimate of drug-likeness (QED) is 0.556. The minimum atomic E-state index is -4.51. The van der Waals surface area contributed by atoms with E-state index in [1.165, 1.54) is 23.3 Å². The first kappa shape index (κ1) is 17.5. The molecule has 0 saturated heterocycles. The van der Waals surface area contributed by atoms with Gasteiger partial charge in [0.15, 0.2) is 0 Å². The molecule has 0 fully saturated rings. The summed E-state index contributed by atoms with van der Waals surface area (Å²) in [6.45, 7) is 2.21. The Bertz CT molecular complexity index is 984. The lowest BCUT2D eigenvalue weighted by Crippen LogP contribution is -2.10. The van der Waals surface area contributed by atoms with Crippen LogP contribution in [0, 0.1) is 5.92 Å². The van der Waals surface area contributed by atoms with Gasteiger partial charge in [0.1, 0.15) is 17.0 Å². The van der Waals surface area contributed by atoms with E-state index in [-0.39, 0.29) is 10.7 Å². The normalized spacial score (nSPS) is 17.3. The van der Waals surface area contributed by atoms with Gasteiger partial charge in [-0.1, -0.05) is 18.5 Å². The summed E-state index contributed by atoms with van der Waals surface area (Å²) in [5.74, 6) is 1.02. The van der Waals surface area contributed by atoms with Crippen molar-refractivity contribution >= 4 is 44.7 Å². The van der Waals surface area contributed by atoms with Crippen LogP contribution >= 0.6 is 22.9 Å². The molecule has 1 N–H and O–H groups in total. The van der Waals surface area contributed by atoms with E-state index in [0.717, 1.165) is 41.1 Å². The van der Waals surface area contributed by atoms with Gasteiger partial charge in [0.2, 0.25) is 0 Å². The molecule has 3 aromatic rings. The number of thiophene rings is 1. The predicted molar refractivity (Wildman–Crippen MR) is 98.3 cm³/mol. The zero-order chi connectivity index (χ0) is 18.5. The second-order valence-electron chi connectivity index (χ2n) is 6.57. The molecule has 0 radical (unpaired) electrons. The van der Waals surface area contributed by atoms with E-state index in [1.807, 2.05) is 0 Å². The smallest absolute Gasteiger partial charge is 0.339 e. The molecule has 0 aliphatic heterocycles. The fourth-order valence-corrected chi connectivity index (χ4v) is 4.88. The number of hydrogen-bond acceptors (Lipinski definition) is 4. The first-order valence-electron chi connectivity index (χ1n) is 8.22. The van der Waals surface area contributed by atoms with Gasteiger partial charge < -0.3 is 5.32 Å². The van der Waals surface area contributed by atoms with Gasteiger partial charge in [-0.15, -0.1) is 11.3 Å². The highest BCUT2D eigenvalue weighted by molar-refractivity contribution is 7.19. The Balaban J connectivity index is 1.82. The number of nitrogens with zero attached hydrogens (tertiary/aromatic N) is 2. The Morgan fingerprint density at radius 2 is 2.08 bits per heavy atom. The van der Waals surface area contributed by atoms with Crippen molar-refractivity contribution in [2.24, 2.45) is 5.92 Å². The maximum Gasteiger partial charge on any atom is 0.418 e. The lowest BCUT2D eigenvalue weighted by Gasteiger charge is -2.19. The van der Waals surface area contributed by atoms with Crippen molar-refractivity contribution in [1.29, 1.82) is 0 Å². The second-order valence-corrected chi connectivity index (χ2v) is 8.09. The minimum Gasteiger partial charge on any atom is -0.339 e. The Morgan fingerprint density at radius 3 is 2.85 bits per heavy atom. The zero-order valence-electron chi connectivity index (χ0n) is 13.8. The van der Waals surface area contributed by atoms with Gasteiger partial charge >= 0.3 is 6.18 Å². The molecule has 136 valence electrons. The summed E-state index contributed by atoms with van der Waals surface area (Å²) in [7, 11) is 0. The number of anilines is 2. The zero-order valence-corrected chi connectivity index (χ0v) is 15.4. The summed E-state index contributed by atoms with van der Waals surface area (Å²) >= 11 is 7.37. The van der Waals surface area contributed by atoms with Gasteiger partial charge in [0, 0.05) is 9.90 Å². The molecule has 8 heteroatoms. The number of fused-ring (bicyclic) bond motifs is 3. The SMILES string of the molecule is CC1CCc2c(sc3ncnc(Nc4ccc(Cl)cc4C(F)(F)F)c23)C1. The standard InChI is InChI=1S/C18H15ClF3N3S/c1-9-2-4-11-14(6-9)26-17-15(11)16(23-8-24-17)25-13-5-3-10(19)7-12(13)18(20,21)22/h3,5,7-9H,2,4,6H2,1H3,(H,23,24,25). The van der Waals surface area contributed by atoms with Crippen molar-refractivity contribution in [3.05, 3.63) is 45.6 Å². The average molecular weight is 398 g/mol. The molecule has 26 heavy (non-hydrogen) atoms. The number of aromatic nitrogens is 2. The van der Waals surface area contributed by atoms with Crippen molar-refractivity contribution in [2.75, 3.05) is 5.32 Å². The fraction of sp³-hybridized carbons (Fsp3) is 0.333. The van der Waals surface area contributed by atoms with Crippen LogP contribution < -0.4 is 5.32 Å². The van der Waals surface area contributed by atoms with Crippen LogP contribution in [-0.4, -0.2) is 9.97 Å². The van der Waals surface area contributed by atoms with Crippen LogP contribution in [0.4, 0.5) is 24.7 Å². The summed E-state index contributed by atoms with van der Waals surface area (Å²) in [5.41, 5.74) is 0.286. The highest BCUT2D eigenvalue weighted by Crippen LogP contribution is 2.42. The van der Waals surface area contributed by atoms with E-state index in [4.69, 9.17) is 11.6 Å². The molecule has 1 atom stereocenters. The molecule has 1 aliphatic carbocycles. The van der Waals surface area contributed by atoms with Crippen LogP contribution in [0.15, 0.2) is 24.5 Å². The Hall–Kier alpha value is -1.86. The monoisotopic (exact) mass is 397 g/mol. The second kappa shape index (κ2) is 6.39. The number of benzene rings is 1. The summed E-state index contributed by atoms with van der Waals surface area (Å²) in [5, 5.41) is 3.75. The van der Waals surface area contributed by atoms with Crippen molar-refractivity contribution in [2.45, 2.75) is 32.4 Å². The predicted octanol–water partition coefficient (Wildman–Crippen LogP) is 6.23. The van der Waals surface area contributed by atoms with E-state index in [0.29, 0.717) is 11.7 Å². The van der Waals surface area contributed by atoms with Crippen LogP contribution in [0.5, 0.6) is 0 Å². The molecule has 2 aromatic heterocycles. The van der Waals surface area contributed by atoms with Crippen LogP contribution in [0.25, 0.3) is 10.2 Å². The molecule has 1 aromatic carbocycles. The third kappa shape index (κ3) is 3.14. The van der Waals surface area contributed by atoms with E-state index < -0.39 is 11.7 Å². The Morgan fingerprint density at radius 1 is 1.27 bits per heavy atom. The summed E-state index contributed by atoms with van der Waals surface area (Å²) in [4.78, 5) is 10.6. The van der Waals surface area contributed by atoms with Crippen molar-refractivity contribution in [3.63, 3.8) is 0 Å². The van der Waals surface area contributed by atoms with Crippen molar-refractivity contribution in [3.8, 4) is 0 Å². The van der Waals surface area contributed by atoms with Crippen LogP contribution in [-0.2, 0) is 19.0 Å². The average Bonchev–Trinajstić information content (AvgIpc) is 2.93. The molecule has 0 spiro atoms. The number of nitrogens with one attached hydrogen (secondary N) is 1.